The SMILES string of the molecule is Nc1n[nH]c(-c2cc(Cl)ccc2F)c1C(=O)O. The number of H-pyrrole nitrogens is 1. The van der Waals surface area contributed by atoms with Gasteiger partial charge in [0, 0.05) is 10.6 Å². The number of benzene rings is 1. The van der Waals surface area contributed by atoms with Crippen LogP contribution in [0.1, 0.15) is 10.4 Å². The van der Waals surface area contributed by atoms with E-state index in [0.717, 1.165) is 6.07 Å². The number of rotatable bonds is 2. The number of aromatic carboxylic acids is 1. The minimum absolute atomic E-state index is 0.00463. The van der Waals surface area contributed by atoms with Gasteiger partial charge in [0.2, 0.25) is 0 Å². The highest BCUT2D eigenvalue weighted by molar-refractivity contribution is 6.30. The summed E-state index contributed by atoms with van der Waals surface area (Å²) in [6.07, 6.45) is 0. The molecule has 0 amide bonds. The summed E-state index contributed by atoms with van der Waals surface area (Å²) >= 11 is 5.73. The molecule has 2 aromatic rings. The topological polar surface area (TPSA) is 92.0 Å². The first-order chi connectivity index (χ1) is 8.00. The number of carboxylic acid groups (broad SMARTS) is 1. The minimum Gasteiger partial charge on any atom is -0.477 e. The fourth-order valence-electron chi connectivity index (χ4n) is 1.46. The van der Waals surface area contributed by atoms with Crippen LogP contribution in [0.4, 0.5) is 10.2 Å². The van der Waals surface area contributed by atoms with Gasteiger partial charge < -0.3 is 10.8 Å². The second-order valence-corrected chi connectivity index (χ2v) is 3.72. The molecule has 2 rings (SSSR count). The predicted octanol–water partition coefficient (Wildman–Crippen LogP) is 2.15. The molecule has 0 aliphatic rings. The molecular formula is C10H7ClFN3O2. The van der Waals surface area contributed by atoms with Gasteiger partial charge in [-0.05, 0) is 18.2 Å². The summed E-state index contributed by atoms with van der Waals surface area (Å²) in [4.78, 5) is 11.0. The normalized spacial score (nSPS) is 10.5. The maximum atomic E-state index is 13.6. The van der Waals surface area contributed by atoms with Crippen molar-refractivity contribution in [2.75, 3.05) is 5.73 Å². The van der Waals surface area contributed by atoms with Crippen molar-refractivity contribution < 1.29 is 14.3 Å². The zero-order valence-electron chi connectivity index (χ0n) is 8.37. The van der Waals surface area contributed by atoms with Crippen molar-refractivity contribution in [1.82, 2.24) is 10.2 Å². The highest BCUT2D eigenvalue weighted by Crippen LogP contribution is 2.29. The standard InChI is InChI=1S/C10H7ClFN3O2/c11-4-1-2-6(12)5(3-4)8-7(10(16)17)9(13)15-14-8/h1-3H,(H,16,17)(H3,13,14,15). The van der Waals surface area contributed by atoms with Crippen molar-refractivity contribution in [3.05, 3.63) is 34.6 Å². The fourth-order valence-corrected chi connectivity index (χ4v) is 1.63. The molecule has 0 saturated carbocycles. The van der Waals surface area contributed by atoms with E-state index in [1.807, 2.05) is 0 Å². The summed E-state index contributed by atoms with van der Waals surface area (Å²) in [6, 6.07) is 3.80. The van der Waals surface area contributed by atoms with Gasteiger partial charge in [0.25, 0.3) is 0 Å². The van der Waals surface area contributed by atoms with Crippen molar-refractivity contribution in [2.45, 2.75) is 0 Å². The number of carbonyl (C=O) groups is 1. The van der Waals surface area contributed by atoms with Crippen molar-refractivity contribution >= 4 is 23.4 Å². The average molecular weight is 256 g/mol. The second kappa shape index (κ2) is 4.06. The van der Waals surface area contributed by atoms with E-state index in [-0.39, 0.29) is 27.7 Å². The molecule has 1 aromatic heterocycles. The number of aromatic amines is 1. The van der Waals surface area contributed by atoms with E-state index >= 15 is 0 Å². The second-order valence-electron chi connectivity index (χ2n) is 3.29. The maximum Gasteiger partial charge on any atom is 0.341 e. The lowest BCUT2D eigenvalue weighted by molar-refractivity contribution is 0.0699. The maximum absolute atomic E-state index is 13.6. The Labute approximate surface area is 100 Å². The minimum atomic E-state index is -1.29. The van der Waals surface area contributed by atoms with E-state index in [9.17, 15) is 9.18 Å². The Hall–Kier alpha value is -2.08. The van der Waals surface area contributed by atoms with Gasteiger partial charge in [0.05, 0.1) is 5.69 Å². The Morgan fingerprint density at radius 2 is 2.24 bits per heavy atom. The third kappa shape index (κ3) is 1.94. The van der Waals surface area contributed by atoms with Gasteiger partial charge in [-0.25, -0.2) is 9.18 Å². The molecule has 0 bridgehead atoms. The number of halogens is 2. The molecule has 1 aromatic carbocycles. The summed E-state index contributed by atoms with van der Waals surface area (Å²) in [5, 5.41) is 15.2. The Bertz CT molecular complexity index is 597. The monoisotopic (exact) mass is 255 g/mol. The molecule has 0 atom stereocenters. The summed E-state index contributed by atoms with van der Waals surface area (Å²) in [7, 11) is 0. The number of anilines is 1. The van der Waals surface area contributed by atoms with Gasteiger partial charge in [-0.1, -0.05) is 11.6 Å². The molecule has 88 valence electrons. The number of hydrogen-bond donors (Lipinski definition) is 3. The van der Waals surface area contributed by atoms with Crippen LogP contribution in [0.2, 0.25) is 5.02 Å². The summed E-state index contributed by atoms with van der Waals surface area (Å²) < 4.78 is 13.6. The average Bonchev–Trinajstić information content (AvgIpc) is 2.64. The van der Waals surface area contributed by atoms with Crippen LogP contribution < -0.4 is 5.73 Å². The van der Waals surface area contributed by atoms with Gasteiger partial charge in [-0.3, -0.25) is 5.10 Å². The molecule has 4 N–H and O–H groups in total. The van der Waals surface area contributed by atoms with Crippen LogP contribution in [0.5, 0.6) is 0 Å². The van der Waals surface area contributed by atoms with Crippen molar-refractivity contribution in [3.63, 3.8) is 0 Å². The predicted molar refractivity (Wildman–Crippen MR) is 60.4 cm³/mol. The van der Waals surface area contributed by atoms with Gasteiger partial charge in [0.1, 0.15) is 11.4 Å². The molecule has 0 unspecified atom stereocenters. The highest BCUT2D eigenvalue weighted by Gasteiger charge is 2.21. The van der Waals surface area contributed by atoms with Crippen LogP contribution in [-0.2, 0) is 0 Å². The van der Waals surface area contributed by atoms with E-state index in [2.05, 4.69) is 10.2 Å². The van der Waals surface area contributed by atoms with Gasteiger partial charge >= 0.3 is 5.97 Å². The van der Waals surface area contributed by atoms with Crippen LogP contribution in [-0.4, -0.2) is 21.3 Å². The van der Waals surface area contributed by atoms with E-state index in [1.165, 1.54) is 12.1 Å². The third-order valence-electron chi connectivity index (χ3n) is 2.21. The molecule has 5 nitrogen and oxygen atoms in total. The van der Waals surface area contributed by atoms with Crippen LogP contribution in [0.3, 0.4) is 0 Å². The van der Waals surface area contributed by atoms with Gasteiger partial charge in [0.15, 0.2) is 5.82 Å². The number of carboxylic acids is 1. The van der Waals surface area contributed by atoms with Crippen LogP contribution in [0.25, 0.3) is 11.3 Å². The zero-order chi connectivity index (χ0) is 12.6. The first-order valence-corrected chi connectivity index (χ1v) is 4.91. The van der Waals surface area contributed by atoms with Gasteiger partial charge in [-0.2, -0.15) is 5.10 Å². The highest BCUT2D eigenvalue weighted by atomic mass is 35.5. The third-order valence-corrected chi connectivity index (χ3v) is 2.44. The Balaban J connectivity index is 2.68. The molecule has 0 radical (unpaired) electrons. The smallest absolute Gasteiger partial charge is 0.341 e. The van der Waals surface area contributed by atoms with Crippen molar-refractivity contribution in [2.24, 2.45) is 0 Å². The summed E-state index contributed by atoms with van der Waals surface area (Å²) in [5.41, 5.74) is 5.13. The summed E-state index contributed by atoms with van der Waals surface area (Å²) in [6.45, 7) is 0. The Morgan fingerprint density at radius 1 is 1.53 bits per heavy atom. The quantitative estimate of drug-likeness (QED) is 0.767. The molecule has 0 spiro atoms. The molecule has 7 heteroatoms. The van der Waals surface area contributed by atoms with Gasteiger partial charge in [-0.15, -0.1) is 0 Å². The largest absolute Gasteiger partial charge is 0.477 e. The molecule has 0 fully saturated rings. The molecule has 1 heterocycles. The Morgan fingerprint density at radius 3 is 2.88 bits per heavy atom. The Kier molecular flexibility index (Phi) is 2.72. The number of nitrogens with zero attached hydrogens (tertiary/aromatic N) is 1. The lowest BCUT2D eigenvalue weighted by Crippen LogP contribution is -2.02. The number of nitrogens with two attached hydrogens (primary N) is 1. The first-order valence-electron chi connectivity index (χ1n) is 4.53. The van der Waals surface area contributed by atoms with Crippen molar-refractivity contribution in [3.8, 4) is 11.3 Å². The van der Waals surface area contributed by atoms with E-state index in [1.54, 1.807) is 0 Å². The van der Waals surface area contributed by atoms with E-state index in [4.69, 9.17) is 22.4 Å². The van der Waals surface area contributed by atoms with Crippen LogP contribution in [0.15, 0.2) is 18.2 Å². The fraction of sp³-hybridized carbons (Fsp3) is 0. The number of hydrogen-bond acceptors (Lipinski definition) is 3. The number of nitrogens with one attached hydrogen (secondary N) is 1. The van der Waals surface area contributed by atoms with Crippen LogP contribution >= 0.6 is 11.6 Å². The van der Waals surface area contributed by atoms with E-state index in [0.29, 0.717) is 0 Å². The van der Waals surface area contributed by atoms with Crippen molar-refractivity contribution in [1.29, 1.82) is 0 Å². The lowest BCUT2D eigenvalue weighted by atomic mass is 10.1. The van der Waals surface area contributed by atoms with Crippen LogP contribution in [0, 0.1) is 5.82 Å². The number of nitrogen functional groups attached to an aromatic ring is 1. The van der Waals surface area contributed by atoms with E-state index < -0.39 is 11.8 Å². The molecule has 0 aliphatic carbocycles. The molecule has 0 aliphatic heterocycles. The first kappa shape index (κ1) is 11.4. The zero-order valence-corrected chi connectivity index (χ0v) is 9.12. The lowest BCUT2D eigenvalue weighted by Gasteiger charge is -2.02. The molecule has 17 heavy (non-hydrogen) atoms. The summed E-state index contributed by atoms with van der Waals surface area (Å²) in [5.74, 6) is -2.10. The molecular weight excluding hydrogens is 249 g/mol. The molecule has 0 saturated heterocycles. The number of aromatic nitrogens is 2.